The van der Waals surface area contributed by atoms with E-state index < -0.39 is 0 Å². The molecule has 1 heterocycles. The van der Waals surface area contributed by atoms with Crippen molar-refractivity contribution in [2.45, 2.75) is 31.5 Å². The normalized spacial score (nSPS) is 12.5. The van der Waals surface area contributed by atoms with Gasteiger partial charge in [-0.1, -0.05) is 22.9 Å². The minimum Gasteiger partial charge on any atom is -0.351 e. The van der Waals surface area contributed by atoms with Gasteiger partial charge in [-0.2, -0.15) is 0 Å². The Kier molecular flexibility index (Phi) is 6.00. The minimum atomic E-state index is 0.0228. The maximum atomic E-state index is 11.7. The molecular weight excluding hydrogens is 354 g/mol. The molecule has 1 unspecified atom stereocenters. The van der Waals surface area contributed by atoms with Crippen molar-refractivity contribution in [3.05, 3.63) is 20.3 Å². The van der Waals surface area contributed by atoms with Crippen LogP contribution in [0.1, 0.15) is 35.0 Å². The number of rotatable bonds is 5. The second-order valence-corrected chi connectivity index (χ2v) is 7.28. The van der Waals surface area contributed by atoms with Gasteiger partial charge in [-0.05, 0) is 47.3 Å². The molecule has 1 aromatic rings. The maximum Gasteiger partial charge on any atom is 0.261 e. The predicted molar refractivity (Wildman–Crippen MR) is 76.7 cm³/mol. The third-order valence-corrected chi connectivity index (χ3v) is 5.51. The Morgan fingerprint density at radius 2 is 2.31 bits per heavy atom. The van der Waals surface area contributed by atoms with Gasteiger partial charge in [0.1, 0.15) is 0 Å². The van der Waals surface area contributed by atoms with Crippen molar-refractivity contribution in [2.24, 2.45) is 0 Å². The quantitative estimate of drug-likeness (QED) is 0.778. The van der Waals surface area contributed by atoms with Gasteiger partial charge in [-0.3, -0.25) is 4.79 Å². The Morgan fingerprint density at radius 3 is 2.81 bits per heavy atom. The number of amides is 1. The van der Waals surface area contributed by atoms with Crippen molar-refractivity contribution in [3.8, 4) is 0 Å². The molecule has 1 aromatic heterocycles. The molecule has 0 aromatic carbocycles. The van der Waals surface area contributed by atoms with Crippen LogP contribution in [0.3, 0.4) is 0 Å². The lowest BCUT2D eigenvalue weighted by Crippen LogP contribution is -2.25. The number of nitrogens with one attached hydrogen (secondary N) is 1. The van der Waals surface area contributed by atoms with E-state index in [0.29, 0.717) is 4.83 Å². The molecule has 1 atom stereocenters. The van der Waals surface area contributed by atoms with Crippen molar-refractivity contribution in [2.75, 3.05) is 6.54 Å². The number of carbonyl (C=O) groups excluding carboxylic acids is 1. The summed E-state index contributed by atoms with van der Waals surface area (Å²) >= 11 is 8.44. The zero-order valence-electron chi connectivity index (χ0n) is 9.35. The molecular formula is C11H15Br2NOS. The average molecular weight is 369 g/mol. The van der Waals surface area contributed by atoms with Crippen LogP contribution in [0.5, 0.6) is 0 Å². The SMILES string of the molecule is CCC(Br)CCNC(=O)c1cc(C)c(Br)s1. The van der Waals surface area contributed by atoms with Crippen molar-refractivity contribution in [3.63, 3.8) is 0 Å². The molecule has 0 saturated carbocycles. The highest BCUT2D eigenvalue weighted by molar-refractivity contribution is 9.11. The second kappa shape index (κ2) is 6.77. The molecule has 1 N–H and O–H groups in total. The van der Waals surface area contributed by atoms with Crippen LogP contribution in [-0.2, 0) is 0 Å². The number of carbonyl (C=O) groups is 1. The monoisotopic (exact) mass is 367 g/mol. The third kappa shape index (κ3) is 4.18. The first-order chi connectivity index (χ1) is 7.54. The van der Waals surface area contributed by atoms with Gasteiger partial charge in [-0.25, -0.2) is 0 Å². The average Bonchev–Trinajstić information content (AvgIpc) is 2.59. The van der Waals surface area contributed by atoms with Crippen molar-refractivity contribution in [1.82, 2.24) is 5.32 Å². The van der Waals surface area contributed by atoms with Crippen LogP contribution in [0.2, 0.25) is 0 Å². The molecule has 5 heteroatoms. The maximum absolute atomic E-state index is 11.7. The number of thiophene rings is 1. The van der Waals surface area contributed by atoms with E-state index >= 15 is 0 Å². The van der Waals surface area contributed by atoms with E-state index in [1.54, 1.807) is 0 Å². The van der Waals surface area contributed by atoms with Gasteiger partial charge < -0.3 is 5.32 Å². The van der Waals surface area contributed by atoms with Gasteiger partial charge in [0, 0.05) is 11.4 Å². The molecule has 0 radical (unpaired) electrons. The van der Waals surface area contributed by atoms with Gasteiger partial charge >= 0.3 is 0 Å². The van der Waals surface area contributed by atoms with Gasteiger partial charge in [0.2, 0.25) is 0 Å². The Hall–Kier alpha value is 0.130. The smallest absolute Gasteiger partial charge is 0.261 e. The summed E-state index contributed by atoms with van der Waals surface area (Å²) in [7, 11) is 0. The van der Waals surface area contributed by atoms with Gasteiger partial charge in [0.25, 0.3) is 5.91 Å². The van der Waals surface area contributed by atoms with Crippen molar-refractivity contribution >= 4 is 49.1 Å². The summed E-state index contributed by atoms with van der Waals surface area (Å²) in [5.74, 6) is 0.0228. The number of hydrogen-bond donors (Lipinski definition) is 1. The lowest BCUT2D eigenvalue weighted by atomic mass is 10.2. The van der Waals surface area contributed by atoms with Gasteiger partial charge in [0.15, 0.2) is 0 Å². The molecule has 0 aliphatic carbocycles. The van der Waals surface area contributed by atoms with Crippen LogP contribution in [0, 0.1) is 6.92 Å². The molecule has 0 aliphatic rings. The predicted octanol–water partition coefficient (Wildman–Crippen LogP) is 4.11. The van der Waals surface area contributed by atoms with Crippen LogP contribution >= 0.6 is 43.2 Å². The molecule has 0 saturated heterocycles. The summed E-state index contributed by atoms with van der Waals surface area (Å²) in [6.45, 7) is 4.83. The second-order valence-electron chi connectivity index (χ2n) is 3.62. The molecule has 1 rings (SSSR count). The number of halogens is 2. The highest BCUT2D eigenvalue weighted by Gasteiger charge is 2.11. The largest absolute Gasteiger partial charge is 0.351 e. The van der Waals surface area contributed by atoms with E-state index in [1.807, 2.05) is 13.0 Å². The minimum absolute atomic E-state index is 0.0228. The fourth-order valence-corrected chi connectivity index (χ4v) is 2.89. The van der Waals surface area contributed by atoms with E-state index in [2.05, 4.69) is 44.1 Å². The molecule has 2 nitrogen and oxygen atoms in total. The van der Waals surface area contributed by atoms with Crippen molar-refractivity contribution in [1.29, 1.82) is 0 Å². The first-order valence-electron chi connectivity index (χ1n) is 5.22. The van der Waals surface area contributed by atoms with E-state index in [9.17, 15) is 4.79 Å². The molecule has 0 aliphatic heterocycles. The summed E-state index contributed by atoms with van der Waals surface area (Å²) < 4.78 is 1.03. The number of hydrogen-bond acceptors (Lipinski definition) is 2. The van der Waals surface area contributed by atoms with Crippen molar-refractivity contribution < 1.29 is 4.79 Å². The molecule has 1 amide bonds. The Morgan fingerprint density at radius 1 is 1.62 bits per heavy atom. The summed E-state index contributed by atoms with van der Waals surface area (Å²) in [5, 5.41) is 2.93. The summed E-state index contributed by atoms with van der Waals surface area (Å²) in [6.07, 6.45) is 2.05. The topological polar surface area (TPSA) is 29.1 Å². The molecule has 0 bridgehead atoms. The summed E-state index contributed by atoms with van der Waals surface area (Å²) in [4.78, 5) is 13.0. The Bertz CT molecular complexity index is 345. The lowest BCUT2D eigenvalue weighted by molar-refractivity contribution is 0.0957. The van der Waals surface area contributed by atoms with E-state index in [0.717, 1.165) is 33.6 Å². The first-order valence-corrected chi connectivity index (χ1v) is 7.75. The summed E-state index contributed by atoms with van der Waals surface area (Å²) in [5.41, 5.74) is 1.11. The molecule has 0 spiro atoms. The van der Waals surface area contributed by atoms with E-state index in [-0.39, 0.29) is 5.91 Å². The van der Waals surface area contributed by atoms with Crippen LogP contribution in [-0.4, -0.2) is 17.3 Å². The fraction of sp³-hybridized carbons (Fsp3) is 0.545. The highest BCUT2D eigenvalue weighted by atomic mass is 79.9. The van der Waals surface area contributed by atoms with Gasteiger partial charge in [0.05, 0.1) is 8.66 Å². The van der Waals surface area contributed by atoms with Crippen LogP contribution < -0.4 is 5.32 Å². The Labute approximate surface area is 117 Å². The van der Waals surface area contributed by atoms with Crippen LogP contribution in [0.4, 0.5) is 0 Å². The first kappa shape index (κ1) is 14.2. The lowest BCUT2D eigenvalue weighted by Gasteiger charge is -2.07. The Balaban J connectivity index is 2.41. The number of aryl methyl sites for hydroxylation is 1. The fourth-order valence-electron chi connectivity index (χ4n) is 1.21. The summed E-state index contributed by atoms with van der Waals surface area (Å²) in [6, 6.07) is 1.91. The van der Waals surface area contributed by atoms with Gasteiger partial charge in [-0.15, -0.1) is 11.3 Å². The zero-order chi connectivity index (χ0) is 12.1. The molecule has 90 valence electrons. The zero-order valence-corrected chi connectivity index (χ0v) is 13.3. The highest BCUT2D eigenvalue weighted by Crippen LogP contribution is 2.27. The standard InChI is InChI=1S/C11H15Br2NOS/c1-3-8(12)4-5-14-11(15)9-6-7(2)10(13)16-9/h6,8H,3-5H2,1-2H3,(H,14,15). The van der Waals surface area contributed by atoms with Crippen LogP contribution in [0.15, 0.2) is 9.85 Å². The molecule has 0 fully saturated rings. The number of alkyl halides is 1. The van der Waals surface area contributed by atoms with E-state index in [1.165, 1.54) is 11.3 Å². The van der Waals surface area contributed by atoms with Crippen LogP contribution in [0.25, 0.3) is 0 Å². The van der Waals surface area contributed by atoms with E-state index in [4.69, 9.17) is 0 Å². The molecule has 16 heavy (non-hydrogen) atoms. The third-order valence-electron chi connectivity index (χ3n) is 2.27.